The first kappa shape index (κ1) is 85.9. The maximum absolute atomic E-state index is 15.4. The molecule has 0 spiro atoms. The van der Waals surface area contributed by atoms with Crippen LogP contribution in [0.3, 0.4) is 0 Å². The van der Waals surface area contributed by atoms with Crippen LogP contribution in [0.5, 0.6) is 5.75 Å². The minimum absolute atomic E-state index is 0.0672. The van der Waals surface area contributed by atoms with Crippen molar-refractivity contribution >= 4 is 82.5 Å². The average Bonchev–Trinajstić information content (AvgIpc) is 0.810. The van der Waals surface area contributed by atoms with Crippen LogP contribution < -0.4 is 26.0 Å². The van der Waals surface area contributed by atoms with E-state index in [9.17, 15) is 38.7 Å². The van der Waals surface area contributed by atoms with Gasteiger partial charge in [-0.05, 0) is 119 Å². The highest BCUT2D eigenvalue weighted by molar-refractivity contribution is 7.79. The van der Waals surface area contributed by atoms with Gasteiger partial charge in [0, 0.05) is 54.5 Å². The molecule has 1 aromatic carbocycles. The zero-order chi connectivity index (χ0) is 74.4. The van der Waals surface area contributed by atoms with Crippen LogP contribution in [0.25, 0.3) is 0 Å². The summed E-state index contributed by atoms with van der Waals surface area (Å²) in [6, 6.07) is -4.05. The lowest BCUT2D eigenvalue weighted by atomic mass is 9.91. The number of hydrogen-bond donors (Lipinski definition) is 5. The smallest absolute Gasteiger partial charge is 0.358 e. The summed E-state index contributed by atoms with van der Waals surface area (Å²) in [5.74, 6) is -11.5. The first-order valence-electron chi connectivity index (χ1n) is 34.2. The molecule has 25 nitrogen and oxygen atoms in total. The molecule has 26 heteroatoms. The van der Waals surface area contributed by atoms with Gasteiger partial charge in [0.25, 0.3) is 5.91 Å². The molecule has 1 unspecified atom stereocenters. The molecular formula is C71H118N10O15S. The molecule has 97 heavy (non-hydrogen) atoms. The van der Waals surface area contributed by atoms with Gasteiger partial charge < -0.3 is 70.0 Å². The van der Waals surface area contributed by atoms with Crippen LogP contribution in [0.1, 0.15) is 163 Å². The van der Waals surface area contributed by atoms with Crippen LogP contribution in [0.15, 0.2) is 42.5 Å². The quantitative estimate of drug-likeness (QED) is 0.0627. The number of likely N-dealkylation sites (N-methyl/N-ethyl adjacent to an activating group) is 6. The van der Waals surface area contributed by atoms with Crippen LogP contribution in [-0.4, -0.2) is 226 Å². The largest absolute Gasteiger partial charge is 0.451 e. The Morgan fingerprint density at radius 2 is 0.979 bits per heavy atom. The van der Waals surface area contributed by atoms with E-state index in [1.165, 1.54) is 75.7 Å². The minimum Gasteiger partial charge on any atom is -0.451 e. The Bertz CT molecular complexity index is 2850. The Morgan fingerprint density at radius 3 is 1.42 bits per heavy atom. The minimum atomic E-state index is -1.78. The second kappa shape index (κ2) is 40.0. The Balaban J connectivity index is 3.14. The Hall–Kier alpha value is -7.22. The van der Waals surface area contributed by atoms with E-state index in [1.807, 2.05) is 69.2 Å². The van der Waals surface area contributed by atoms with Gasteiger partial charge in [0.2, 0.25) is 53.2 Å². The number of nitrogens with zero attached hydrogens (tertiary/aromatic N) is 6. The first-order chi connectivity index (χ1) is 45.0. The monoisotopic (exact) mass is 1380 g/mol. The van der Waals surface area contributed by atoms with E-state index >= 15 is 19.2 Å². The Labute approximate surface area is 582 Å². The number of rotatable bonds is 19. The second-order valence-corrected chi connectivity index (χ2v) is 29.4. The topological polar surface area (TPSA) is 303 Å². The molecular weight excluding hydrogens is 1260 g/mol. The average molecular weight is 1380 g/mol. The molecule has 2 rings (SSSR count). The number of cyclic esters (lactones) is 1. The van der Waals surface area contributed by atoms with Gasteiger partial charge in [-0.25, -0.2) is 4.79 Å². The van der Waals surface area contributed by atoms with E-state index in [0.717, 1.165) is 9.80 Å². The van der Waals surface area contributed by atoms with E-state index in [2.05, 4.69) is 21.3 Å². The first-order valence-corrected chi connectivity index (χ1v) is 34.6. The maximum atomic E-state index is 15.4. The predicted octanol–water partition coefficient (Wildman–Crippen LogP) is 5.74. The number of thiocarbonyl (C=S) groups is 1. The number of ether oxygens (including phenoxy) is 3. The van der Waals surface area contributed by atoms with E-state index in [0.29, 0.717) is 0 Å². The standard InChI is InChI=1S/C71H118N10O15S/c1-25-26-30-46(16)59(83)58-64(87)75-56(48(18)94-71(97)95-49-31-28-27-29-32-49)67(90)76(19)38-55(82)77(20)52(35-41(6)7)62(85)73-50(33-39(2)3)65(88)78(21)53(36-42(8)9)61(84)72-47(17)70(93)96-60(45(14)15)69(92)79(22)54(37-43(10)11)63(86)74-51(34-40(4)5)66(89)80(23)57(44(12)13)68(91)81(58)24/h25-29,31-32,39-48,50-54,56-60,83H,30,33-38H2,1-24H3,(H,72,84)(H,73,85)(H,74,86)(H,75,87)/b26-25+/t46-,47+,48?,50+,51+,52+,53+,54+,56+,57+,58+,59-,60-/m1/s1. The summed E-state index contributed by atoms with van der Waals surface area (Å²) in [7, 11) is 8.18. The Morgan fingerprint density at radius 1 is 0.546 bits per heavy atom. The van der Waals surface area contributed by atoms with Gasteiger partial charge in [-0.1, -0.05) is 134 Å². The summed E-state index contributed by atoms with van der Waals surface area (Å²) in [6.07, 6.45) is -0.269. The SMILES string of the molecule is C/C=C/C[C@@H](C)[C@@H](O)[C@H]1C(=O)N[C@@H](C(C)OC(=S)Oc2ccccc2)C(=O)N(C)CC(=O)N(C)[C@@H](CC(C)C)C(=O)N[C@@H](CC(C)C)C(=O)N(C)[C@@H](CC(C)C)C(=O)N[C@@H](C)C(=O)O[C@H](C(C)C)C(=O)N(C)[C@@H](CC(C)C)C(=O)N[C@@H](CC(C)C)C(=O)N(C)[C@@H](C(C)C)C(=O)N1C. The zero-order valence-electron chi connectivity index (χ0n) is 62.3. The second-order valence-electron chi connectivity index (χ2n) is 29.0. The van der Waals surface area contributed by atoms with Crippen LogP contribution in [0.2, 0.25) is 0 Å². The molecule has 1 saturated heterocycles. The number of carbonyl (C=O) groups excluding carboxylic acids is 11. The van der Waals surface area contributed by atoms with Gasteiger partial charge >= 0.3 is 11.2 Å². The van der Waals surface area contributed by atoms with Crippen molar-refractivity contribution in [2.24, 2.45) is 47.3 Å². The molecule has 0 aromatic heterocycles. The fraction of sp³-hybridized carbons (Fsp3) is 0.718. The van der Waals surface area contributed by atoms with Crippen LogP contribution in [0.4, 0.5) is 0 Å². The van der Waals surface area contributed by atoms with Gasteiger partial charge in [-0.15, -0.1) is 0 Å². The number of aliphatic hydroxyl groups is 1. The van der Waals surface area contributed by atoms with Crippen LogP contribution in [0, 0.1) is 47.3 Å². The highest BCUT2D eigenvalue weighted by atomic mass is 32.1. The summed E-state index contributed by atoms with van der Waals surface area (Å²) in [6.45, 7) is 30.7. The fourth-order valence-corrected chi connectivity index (χ4v) is 11.9. The van der Waals surface area contributed by atoms with Gasteiger partial charge in [0.1, 0.15) is 66.2 Å². The number of esters is 1. The summed E-state index contributed by atoms with van der Waals surface area (Å²) < 4.78 is 17.7. The molecule has 1 aliphatic heterocycles. The normalized spacial score (nSPS) is 25.2. The van der Waals surface area contributed by atoms with Crippen LogP contribution in [-0.2, 0) is 62.2 Å². The highest BCUT2D eigenvalue weighted by Crippen LogP contribution is 2.26. The number of hydrogen-bond acceptors (Lipinski definition) is 16. The van der Waals surface area contributed by atoms with E-state index in [1.54, 1.807) is 84.0 Å². The Kier molecular flexibility index (Phi) is 35.4. The lowest BCUT2D eigenvalue weighted by molar-refractivity contribution is -0.166. The highest BCUT2D eigenvalue weighted by Gasteiger charge is 2.46. The molecule has 0 bridgehead atoms. The number of allylic oxidation sites excluding steroid dienone is 2. The molecule has 1 heterocycles. The number of aliphatic hydroxyl groups excluding tert-OH is 1. The van der Waals surface area contributed by atoms with Gasteiger partial charge in [0.15, 0.2) is 6.10 Å². The molecule has 0 aliphatic carbocycles. The third-order valence-electron chi connectivity index (χ3n) is 17.3. The van der Waals surface area contributed by atoms with E-state index < -0.39 is 167 Å². The lowest BCUT2D eigenvalue weighted by Gasteiger charge is -2.40. The summed E-state index contributed by atoms with van der Waals surface area (Å²) >= 11 is 5.50. The summed E-state index contributed by atoms with van der Waals surface area (Å²) in [5, 5.41) is 23.1. The van der Waals surface area contributed by atoms with Crippen molar-refractivity contribution in [1.82, 2.24) is 50.7 Å². The molecule has 5 N–H and O–H groups in total. The van der Waals surface area contributed by atoms with Gasteiger partial charge in [0.05, 0.1) is 12.6 Å². The third-order valence-corrected chi connectivity index (χ3v) is 17.5. The van der Waals surface area contributed by atoms with E-state index in [-0.39, 0.29) is 73.9 Å². The molecule has 548 valence electrons. The number of para-hydroxylation sites is 1. The van der Waals surface area contributed by atoms with Crippen molar-refractivity contribution in [2.45, 2.75) is 236 Å². The molecule has 10 amide bonds. The molecule has 1 aliphatic rings. The molecule has 13 atom stereocenters. The molecule has 1 aromatic rings. The third kappa shape index (κ3) is 25.9. The number of nitrogens with one attached hydrogen (secondary N) is 4. The van der Waals surface area contributed by atoms with Gasteiger partial charge in [-0.3, -0.25) is 47.9 Å². The molecule has 0 saturated carbocycles. The van der Waals surface area contributed by atoms with Crippen molar-refractivity contribution in [3.63, 3.8) is 0 Å². The van der Waals surface area contributed by atoms with Crippen molar-refractivity contribution in [3.05, 3.63) is 42.5 Å². The van der Waals surface area contributed by atoms with E-state index in [4.69, 9.17) is 26.4 Å². The summed E-state index contributed by atoms with van der Waals surface area (Å²) in [4.78, 5) is 171. The van der Waals surface area contributed by atoms with Crippen molar-refractivity contribution in [1.29, 1.82) is 0 Å². The van der Waals surface area contributed by atoms with Crippen LogP contribution >= 0.6 is 12.2 Å². The van der Waals surface area contributed by atoms with Crippen molar-refractivity contribution in [2.75, 3.05) is 48.8 Å². The molecule has 0 radical (unpaired) electrons. The van der Waals surface area contributed by atoms with Crippen molar-refractivity contribution < 1.29 is 72.1 Å². The van der Waals surface area contributed by atoms with Gasteiger partial charge in [-0.2, -0.15) is 0 Å². The number of amides is 10. The molecule has 1 fully saturated rings. The zero-order valence-corrected chi connectivity index (χ0v) is 63.1. The maximum Gasteiger partial charge on any atom is 0.358 e. The summed E-state index contributed by atoms with van der Waals surface area (Å²) in [5.41, 5.74) is 0. The lowest BCUT2D eigenvalue weighted by Crippen LogP contribution is -2.64. The number of benzene rings is 1. The van der Waals surface area contributed by atoms with Crippen molar-refractivity contribution in [3.8, 4) is 5.75 Å². The predicted molar refractivity (Wildman–Crippen MR) is 375 cm³/mol. The number of carbonyl (C=O) groups is 11. The fourth-order valence-electron chi connectivity index (χ4n) is 11.6.